The molecule has 0 radical (unpaired) electrons. The maximum atomic E-state index is 12.9. The van der Waals surface area contributed by atoms with Gasteiger partial charge in [-0.15, -0.1) is 0 Å². The third-order valence-electron chi connectivity index (χ3n) is 6.25. The first-order chi connectivity index (χ1) is 13.7. The van der Waals surface area contributed by atoms with E-state index in [4.69, 9.17) is 9.47 Å². The molecule has 0 aromatic carbocycles. The van der Waals surface area contributed by atoms with Gasteiger partial charge in [-0.1, -0.05) is 11.3 Å². The normalized spacial score (nSPS) is 21.2. The lowest BCUT2D eigenvalue weighted by molar-refractivity contribution is 0.0211. The Morgan fingerprint density at radius 2 is 2.11 bits per heavy atom. The molecule has 3 saturated heterocycles. The van der Waals surface area contributed by atoms with Crippen LogP contribution in [0, 0.1) is 5.41 Å². The first-order valence-corrected chi connectivity index (χ1v) is 10.7. The Labute approximate surface area is 167 Å². The van der Waals surface area contributed by atoms with Gasteiger partial charge in [0.1, 0.15) is 5.52 Å². The largest absolute Gasteiger partial charge is 0.479 e. The predicted octanol–water partition coefficient (Wildman–Crippen LogP) is 2.94. The van der Waals surface area contributed by atoms with E-state index in [1.54, 1.807) is 7.11 Å². The lowest BCUT2D eigenvalue weighted by Crippen LogP contribution is -2.37. The molecular formula is C19H25N5O3S. The summed E-state index contributed by atoms with van der Waals surface area (Å²) in [4.78, 5) is 26.1. The van der Waals surface area contributed by atoms with E-state index < -0.39 is 0 Å². The highest BCUT2D eigenvalue weighted by Crippen LogP contribution is 2.41. The van der Waals surface area contributed by atoms with Crippen LogP contribution >= 0.6 is 11.3 Å². The van der Waals surface area contributed by atoms with Gasteiger partial charge in [0.15, 0.2) is 5.13 Å². The summed E-state index contributed by atoms with van der Waals surface area (Å²) in [5, 5.41) is 3.61. The maximum absolute atomic E-state index is 12.9. The van der Waals surface area contributed by atoms with Gasteiger partial charge >= 0.3 is 6.03 Å². The number of rotatable bonds is 3. The molecule has 3 aliphatic rings. The summed E-state index contributed by atoms with van der Waals surface area (Å²) >= 11 is 1.49. The molecule has 2 amide bonds. The number of thiazole rings is 1. The zero-order valence-corrected chi connectivity index (χ0v) is 16.9. The fraction of sp³-hybridized carbons (Fsp3) is 0.632. The number of fused-ring (bicyclic) bond motifs is 1. The Hall–Kier alpha value is -2.13. The zero-order chi connectivity index (χ0) is 19.1. The molecule has 3 fully saturated rings. The van der Waals surface area contributed by atoms with E-state index in [0.29, 0.717) is 11.0 Å². The molecular weight excluding hydrogens is 378 g/mol. The highest BCUT2D eigenvalue weighted by atomic mass is 32.1. The van der Waals surface area contributed by atoms with E-state index in [1.807, 2.05) is 11.1 Å². The molecule has 3 aliphatic heterocycles. The van der Waals surface area contributed by atoms with Crippen molar-refractivity contribution in [3.05, 3.63) is 6.20 Å². The number of carbonyl (C=O) groups is 1. The van der Waals surface area contributed by atoms with E-state index in [1.165, 1.54) is 17.8 Å². The molecule has 8 nitrogen and oxygen atoms in total. The van der Waals surface area contributed by atoms with E-state index in [2.05, 4.69) is 20.2 Å². The number of anilines is 2. The second kappa shape index (κ2) is 7.04. The van der Waals surface area contributed by atoms with Crippen LogP contribution in [-0.2, 0) is 4.74 Å². The Morgan fingerprint density at radius 1 is 1.29 bits per heavy atom. The topological polar surface area (TPSA) is 79.8 Å². The number of nitrogens with one attached hydrogen (secondary N) is 1. The van der Waals surface area contributed by atoms with Gasteiger partial charge in [-0.2, -0.15) is 0 Å². The summed E-state index contributed by atoms with van der Waals surface area (Å²) in [6.45, 7) is 5.26. The fourth-order valence-corrected chi connectivity index (χ4v) is 5.34. The summed E-state index contributed by atoms with van der Waals surface area (Å²) < 4.78 is 11.9. The number of likely N-dealkylation sites (tertiary alicyclic amines) is 1. The van der Waals surface area contributed by atoms with Crippen molar-refractivity contribution in [1.82, 2.24) is 14.9 Å². The van der Waals surface area contributed by atoms with E-state index in [0.717, 1.165) is 74.6 Å². The van der Waals surface area contributed by atoms with Gasteiger partial charge in [-0.25, -0.2) is 14.8 Å². The van der Waals surface area contributed by atoms with Crippen molar-refractivity contribution in [2.75, 3.05) is 56.7 Å². The molecule has 28 heavy (non-hydrogen) atoms. The van der Waals surface area contributed by atoms with Crippen LogP contribution in [0.15, 0.2) is 6.20 Å². The van der Waals surface area contributed by atoms with Crippen molar-refractivity contribution < 1.29 is 14.3 Å². The summed E-state index contributed by atoms with van der Waals surface area (Å²) in [5.41, 5.74) is 2.03. The van der Waals surface area contributed by atoms with Crippen LogP contribution in [0.4, 0.5) is 15.6 Å². The van der Waals surface area contributed by atoms with Crippen LogP contribution in [0.25, 0.3) is 10.2 Å². The Morgan fingerprint density at radius 3 is 2.82 bits per heavy atom. The molecule has 1 spiro atoms. The maximum Gasteiger partial charge on any atom is 0.323 e. The molecule has 0 atom stereocenters. The second-order valence-electron chi connectivity index (χ2n) is 7.90. The molecule has 0 unspecified atom stereocenters. The number of methoxy groups -OCH3 is 1. The molecule has 5 rings (SSSR count). The number of pyridine rings is 1. The summed E-state index contributed by atoms with van der Waals surface area (Å²) in [6.07, 6.45) is 6.18. The predicted molar refractivity (Wildman–Crippen MR) is 108 cm³/mol. The van der Waals surface area contributed by atoms with Crippen LogP contribution in [0.5, 0.6) is 5.88 Å². The molecule has 2 aromatic heterocycles. The Kier molecular flexibility index (Phi) is 4.51. The average molecular weight is 404 g/mol. The van der Waals surface area contributed by atoms with Crippen molar-refractivity contribution in [1.29, 1.82) is 0 Å². The minimum atomic E-state index is -0.0696. The lowest BCUT2D eigenvalue weighted by atomic mass is 9.80. The third-order valence-corrected chi connectivity index (χ3v) is 7.24. The van der Waals surface area contributed by atoms with Crippen LogP contribution in [0.1, 0.15) is 25.7 Å². The number of hydrogen-bond acceptors (Lipinski definition) is 7. The minimum absolute atomic E-state index is 0.0696. The number of ether oxygens (including phenoxy) is 2. The minimum Gasteiger partial charge on any atom is -0.479 e. The van der Waals surface area contributed by atoms with Crippen LogP contribution < -0.4 is 15.0 Å². The standard InChI is InChI=1S/C19H25N5O3S/c1-26-16-14-15(13(11-20-16)23-6-2-7-23)28-17(21-14)22-18(25)24-8-3-19(12-24)4-9-27-10-5-19/h11H,2-10,12H2,1H3,(H,21,22,25). The first kappa shape index (κ1) is 17.9. The third kappa shape index (κ3) is 3.06. The van der Waals surface area contributed by atoms with Gasteiger partial charge in [0.2, 0.25) is 5.88 Å². The Balaban J connectivity index is 1.35. The summed E-state index contributed by atoms with van der Waals surface area (Å²) in [6, 6.07) is -0.0696. The number of aromatic nitrogens is 2. The van der Waals surface area contributed by atoms with Crippen molar-refractivity contribution in [2.24, 2.45) is 5.41 Å². The van der Waals surface area contributed by atoms with E-state index in [9.17, 15) is 4.79 Å². The fourth-order valence-electron chi connectivity index (χ4n) is 4.35. The molecule has 5 heterocycles. The molecule has 2 aromatic rings. The van der Waals surface area contributed by atoms with Gasteiger partial charge in [-0.05, 0) is 31.1 Å². The number of carbonyl (C=O) groups excluding carboxylic acids is 1. The van der Waals surface area contributed by atoms with Gasteiger partial charge in [0, 0.05) is 39.4 Å². The van der Waals surface area contributed by atoms with Crippen molar-refractivity contribution >= 4 is 38.4 Å². The SMILES string of the molecule is COc1ncc(N2CCC2)c2sc(NC(=O)N3CCC4(CCOCC4)C3)nc12. The molecule has 1 N–H and O–H groups in total. The number of amides is 2. The molecule has 9 heteroatoms. The molecule has 150 valence electrons. The van der Waals surface area contributed by atoms with Gasteiger partial charge in [0.25, 0.3) is 0 Å². The highest BCUT2D eigenvalue weighted by Gasteiger charge is 2.41. The van der Waals surface area contributed by atoms with E-state index in [-0.39, 0.29) is 11.4 Å². The van der Waals surface area contributed by atoms with Crippen molar-refractivity contribution in [2.45, 2.75) is 25.7 Å². The number of nitrogens with zero attached hydrogens (tertiary/aromatic N) is 4. The van der Waals surface area contributed by atoms with Crippen LogP contribution in [-0.4, -0.2) is 67.4 Å². The highest BCUT2D eigenvalue weighted by molar-refractivity contribution is 7.23. The monoisotopic (exact) mass is 403 g/mol. The van der Waals surface area contributed by atoms with Crippen molar-refractivity contribution in [3.8, 4) is 5.88 Å². The van der Waals surface area contributed by atoms with E-state index >= 15 is 0 Å². The van der Waals surface area contributed by atoms with Crippen molar-refractivity contribution in [3.63, 3.8) is 0 Å². The van der Waals surface area contributed by atoms with Crippen LogP contribution in [0.2, 0.25) is 0 Å². The van der Waals surface area contributed by atoms with Gasteiger partial charge in [0.05, 0.1) is 23.7 Å². The summed E-state index contributed by atoms with van der Waals surface area (Å²) in [5.74, 6) is 0.498. The Bertz CT molecular complexity index is 891. The quantitative estimate of drug-likeness (QED) is 0.849. The van der Waals surface area contributed by atoms with Gasteiger partial charge in [-0.3, -0.25) is 5.32 Å². The second-order valence-corrected chi connectivity index (χ2v) is 8.90. The average Bonchev–Trinajstić information content (AvgIpc) is 3.26. The van der Waals surface area contributed by atoms with Crippen LogP contribution in [0.3, 0.4) is 0 Å². The van der Waals surface area contributed by atoms with Gasteiger partial charge < -0.3 is 19.3 Å². The molecule has 0 saturated carbocycles. The number of hydrogen-bond donors (Lipinski definition) is 1. The smallest absolute Gasteiger partial charge is 0.323 e. The molecule has 0 bridgehead atoms. The number of urea groups is 1. The lowest BCUT2D eigenvalue weighted by Gasteiger charge is -2.33. The first-order valence-electron chi connectivity index (χ1n) is 9.90. The zero-order valence-electron chi connectivity index (χ0n) is 16.1. The summed E-state index contributed by atoms with van der Waals surface area (Å²) in [7, 11) is 1.60. The molecule has 0 aliphatic carbocycles.